The van der Waals surface area contributed by atoms with Gasteiger partial charge in [0, 0.05) is 17.5 Å². The van der Waals surface area contributed by atoms with Crippen molar-refractivity contribution in [2.45, 2.75) is 26.4 Å². The molecule has 8 nitrogen and oxygen atoms in total. The third-order valence-electron chi connectivity index (χ3n) is 4.20. The van der Waals surface area contributed by atoms with E-state index >= 15 is 0 Å². The lowest BCUT2D eigenvalue weighted by molar-refractivity contribution is -0.114. The van der Waals surface area contributed by atoms with Crippen LogP contribution in [0.5, 0.6) is 0 Å². The van der Waals surface area contributed by atoms with E-state index < -0.39 is 6.10 Å². The molecule has 27 heavy (non-hydrogen) atoms. The van der Waals surface area contributed by atoms with Crippen LogP contribution in [-0.2, 0) is 11.2 Å². The predicted molar refractivity (Wildman–Crippen MR) is 102 cm³/mol. The first kappa shape index (κ1) is 17.4. The monoisotopic (exact) mass is 382 g/mol. The van der Waals surface area contributed by atoms with Gasteiger partial charge in [-0.25, -0.2) is 9.67 Å². The lowest BCUT2D eigenvalue weighted by atomic mass is 10.1. The molecule has 0 aliphatic heterocycles. The number of aryl methyl sites for hydroxylation is 1. The average molecular weight is 382 g/mol. The van der Waals surface area contributed by atoms with E-state index in [9.17, 15) is 9.90 Å². The number of hydrogen-bond acceptors (Lipinski definition) is 6. The zero-order chi connectivity index (χ0) is 19.0. The number of aliphatic hydroxyl groups excluding tert-OH is 1. The SMILES string of the molecule is CCc1sc2cncn2c1C(O)c1cn(-c2ccc(NC(C)=O)cc2)nn1. The van der Waals surface area contributed by atoms with Crippen LogP contribution in [-0.4, -0.2) is 35.4 Å². The number of amides is 1. The van der Waals surface area contributed by atoms with Crippen LogP contribution in [0.3, 0.4) is 0 Å². The Kier molecular flexibility index (Phi) is 4.46. The Hall–Kier alpha value is -3.04. The molecule has 9 heteroatoms. The fraction of sp³-hybridized carbons (Fsp3) is 0.222. The molecular weight excluding hydrogens is 364 g/mol. The van der Waals surface area contributed by atoms with Crippen molar-refractivity contribution in [2.75, 3.05) is 5.32 Å². The van der Waals surface area contributed by atoms with Crippen molar-refractivity contribution in [3.63, 3.8) is 0 Å². The summed E-state index contributed by atoms with van der Waals surface area (Å²) in [5, 5.41) is 21.9. The maximum atomic E-state index is 11.1. The molecule has 1 amide bonds. The topological polar surface area (TPSA) is 97.3 Å². The minimum atomic E-state index is -0.893. The third kappa shape index (κ3) is 3.22. The van der Waals surface area contributed by atoms with Gasteiger partial charge in [-0.3, -0.25) is 9.20 Å². The highest BCUT2D eigenvalue weighted by Gasteiger charge is 2.23. The lowest BCUT2D eigenvalue weighted by Crippen LogP contribution is -2.06. The summed E-state index contributed by atoms with van der Waals surface area (Å²) in [5.41, 5.74) is 2.73. The molecule has 0 bridgehead atoms. The number of hydrogen-bond donors (Lipinski definition) is 2. The molecule has 0 saturated carbocycles. The molecule has 0 spiro atoms. The highest BCUT2D eigenvalue weighted by atomic mass is 32.1. The number of carbonyl (C=O) groups excluding carboxylic acids is 1. The van der Waals surface area contributed by atoms with Gasteiger partial charge in [0.2, 0.25) is 5.91 Å². The quantitative estimate of drug-likeness (QED) is 0.553. The Bertz CT molecular complexity index is 1090. The highest BCUT2D eigenvalue weighted by Crippen LogP contribution is 2.31. The molecule has 0 saturated heterocycles. The first-order valence-corrected chi connectivity index (χ1v) is 9.30. The Morgan fingerprint density at radius 1 is 1.33 bits per heavy atom. The van der Waals surface area contributed by atoms with Crippen LogP contribution in [0.2, 0.25) is 0 Å². The summed E-state index contributed by atoms with van der Waals surface area (Å²) in [6.07, 6.45) is 5.12. The van der Waals surface area contributed by atoms with E-state index in [1.165, 1.54) is 6.92 Å². The maximum Gasteiger partial charge on any atom is 0.221 e. The van der Waals surface area contributed by atoms with Gasteiger partial charge in [0.25, 0.3) is 0 Å². The number of carbonyl (C=O) groups is 1. The second kappa shape index (κ2) is 6.93. The van der Waals surface area contributed by atoms with E-state index in [4.69, 9.17) is 0 Å². The average Bonchev–Trinajstić information content (AvgIpc) is 3.36. The largest absolute Gasteiger partial charge is 0.380 e. The number of aromatic nitrogens is 5. The number of benzene rings is 1. The van der Waals surface area contributed by atoms with E-state index in [-0.39, 0.29) is 5.91 Å². The Morgan fingerprint density at radius 2 is 2.11 bits per heavy atom. The number of rotatable bonds is 5. The fourth-order valence-electron chi connectivity index (χ4n) is 2.96. The van der Waals surface area contributed by atoms with E-state index in [0.29, 0.717) is 11.4 Å². The van der Waals surface area contributed by atoms with Gasteiger partial charge in [0.1, 0.15) is 23.0 Å². The van der Waals surface area contributed by atoms with E-state index in [0.717, 1.165) is 27.5 Å². The summed E-state index contributed by atoms with van der Waals surface area (Å²) in [6, 6.07) is 7.23. The first-order valence-electron chi connectivity index (χ1n) is 8.48. The van der Waals surface area contributed by atoms with E-state index in [1.807, 2.05) is 16.5 Å². The van der Waals surface area contributed by atoms with Gasteiger partial charge in [0.05, 0.1) is 23.8 Å². The van der Waals surface area contributed by atoms with Crippen molar-refractivity contribution in [3.8, 4) is 5.69 Å². The minimum Gasteiger partial charge on any atom is -0.380 e. The molecule has 3 heterocycles. The molecule has 1 aromatic carbocycles. The number of nitrogens with one attached hydrogen (secondary N) is 1. The van der Waals surface area contributed by atoms with Gasteiger partial charge in [-0.2, -0.15) is 0 Å². The number of imidazole rings is 1. The highest BCUT2D eigenvalue weighted by molar-refractivity contribution is 7.17. The van der Waals surface area contributed by atoms with Crippen molar-refractivity contribution in [2.24, 2.45) is 0 Å². The summed E-state index contributed by atoms with van der Waals surface area (Å²) in [5.74, 6) is -0.123. The van der Waals surface area contributed by atoms with E-state index in [1.54, 1.807) is 46.9 Å². The molecule has 4 aromatic rings. The Morgan fingerprint density at radius 3 is 2.81 bits per heavy atom. The van der Waals surface area contributed by atoms with Crippen molar-refractivity contribution in [3.05, 3.63) is 59.3 Å². The standard InChI is InChI=1S/C18H18N6O2S/c1-3-15-17(23-10-19-8-16(23)27-15)18(26)14-9-24(22-21-14)13-6-4-12(5-7-13)20-11(2)25/h4-10,18,26H,3H2,1-2H3,(H,20,25). The molecule has 138 valence electrons. The normalized spacial score (nSPS) is 12.4. The van der Waals surface area contributed by atoms with Crippen LogP contribution in [0.15, 0.2) is 43.0 Å². The summed E-state index contributed by atoms with van der Waals surface area (Å²) in [6.45, 7) is 3.52. The van der Waals surface area contributed by atoms with E-state index in [2.05, 4.69) is 27.5 Å². The van der Waals surface area contributed by atoms with Gasteiger partial charge >= 0.3 is 0 Å². The number of fused-ring (bicyclic) bond motifs is 1. The van der Waals surface area contributed by atoms with Crippen molar-refractivity contribution in [1.29, 1.82) is 0 Å². The Labute approximate surface area is 159 Å². The Balaban J connectivity index is 1.63. The van der Waals surface area contributed by atoms with Crippen LogP contribution < -0.4 is 5.32 Å². The predicted octanol–water partition coefficient (Wildman–Crippen LogP) is 2.58. The second-order valence-electron chi connectivity index (χ2n) is 6.08. The smallest absolute Gasteiger partial charge is 0.221 e. The molecule has 1 atom stereocenters. The van der Waals surface area contributed by atoms with Gasteiger partial charge in [-0.1, -0.05) is 12.1 Å². The molecular formula is C18H18N6O2S. The zero-order valence-electron chi connectivity index (χ0n) is 14.8. The zero-order valence-corrected chi connectivity index (χ0v) is 15.6. The van der Waals surface area contributed by atoms with Gasteiger partial charge in [-0.15, -0.1) is 16.4 Å². The molecule has 0 fully saturated rings. The van der Waals surface area contributed by atoms with Crippen molar-refractivity contribution >= 4 is 27.8 Å². The molecule has 0 aliphatic rings. The van der Waals surface area contributed by atoms with Crippen LogP contribution in [0.4, 0.5) is 5.69 Å². The number of aliphatic hydroxyl groups is 1. The first-order chi connectivity index (χ1) is 13.1. The third-order valence-corrected chi connectivity index (χ3v) is 5.46. The van der Waals surface area contributed by atoms with Crippen LogP contribution in [0, 0.1) is 0 Å². The second-order valence-corrected chi connectivity index (χ2v) is 7.20. The van der Waals surface area contributed by atoms with Gasteiger partial charge < -0.3 is 10.4 Å². The molecule has 3 aromatic heterocycles. The van der Waals surface area contributed by atoms with Gasteiger partial charge in [0.15, 0.2) is 0 Å². The molecule has 2 N–H and O–H groups in total. The lowest BCUT2D eigenvalue weighted by Gasteiger charge is -2.09. The fourth-order valence-corrected chi connectivity index (χ4v) is 4.03. The summed E-state index contributed by atoms with van der Waals surface area (Å²) < 4.78 is 3.49. The summed E-state index contributed by atoms with van der Waals surface area (Å²) >= 11 is 1.61. The molecule has 0 aliphatic carbocycles. The number of nitrogens with zero attached hydrogens (tertiary/aromatic N) is 5. The van der Waals surface area contributed by atoms with Crippen molar-refractivity contribution in [1.82, 2.24) is 24.4 Å². The summed E-state index contributed by atoms with van der Waals surface area (Å²) in [4.78, 5) is 17.3. The van der Waals surface area contributed by atoms with Crippen LogP contribution in [0.25, 0.3) is 10.5 Å². The van der Waals surface area contributed by atoms with Crippen LogP contribution >= 0.6 is 11.3 Å². The number of anilines is 1. The molecule has 4 rings (SSSR count). The van der Waals surface area contributed by atoms with Gasteiger partial charge in [-0.05, 0) is 30.7 Å². The molecule has 1 unspecified atom stereocenters. The molecule has 0 radical (unpaired) electrons. The van der Waals surface area contributed by atoms with Crippen molar-refractivity contribution < 1.29 is 9.90 Å². The minimum absolute atomic E-state index is 0.123. The van der Waals surface area contributed by atoms with Crippen LogP contribution in [0.1, 0.15) is 36.2 Å². The number of thiazole rings is 1. The summed E-state index contributed by atoms with van der Waals surface area (Å²) in [7, 11) is 0. The maximum absolute atomic E-state index is 11.1.